The van der Waals surface area contributed by atoms with Gasteiger partial charge in [0, 0.05) is 11.1 Å². The van der Waals surface area contributed by atoms with Crippen LogP contribution in [-0.4, -0.2) is 14.9 Å². The maximum atomic E-state index is 12.3. The summed E-state index contributed by atoms with van der Waals surface area (Å²) in [5, 5.41) is 2.95. The first-order valence-electron chi connectivity index (χ1n) is 9.23. The van der Waals surface area contributed by atoms with Crippen LogP contribution >= 0.6 is 22.7 Å². The van der Waals surface area contributed by atoms with Gasteiger partial charge in [-0.2, -0.15) is 0 Å². The smallest absolute Gasteiger partial charge is 0.127 e. The van der Waals surface area contributed by atoms with Crippen molar-refractivity contribution in [3.8, 4) is 10.6 Å². The third-order valence-electron chi connectivity index (χ3n) is 3.53. The van der Waals surface area contributed by atoms with Crippen molar-refractivity contribution < 1.29 is 4.21 Å². The minimum absolute atomic E-state index is 0.634. The van der Waals surface area contributed by atoms with Gasteiger partial charge in [0.1, 0.15) is 9.04 Å². The molecule has 3 nitrogen and oxygen atoms in total. The molecule has 0 aliphatic carbocycles. The van der Waals surface area contributed by atoms with Crippen LogP contribution in [0.5, 0.6) is 0 Å². The minimum Gasteiger partial charge on any atom is -0.397 e. The molecule has 0 saturated heterocycles. The molecule has 3 aromatic heterocycles. The molecule has 0 radical (unpaired) electrons. The zero-order chi connectivity index (χ0) is 23.1. The zero-order valence-corrected chi connectivity index (χ0v) is 19.9. The van der Waals surface area contributed by atoms with Gasteiger partial charge in [-0.05, 0) is 60.4 Å². The van der Waals surface area contributed by atoms with Gasteiger partial charge in [0.05, 0.1) is 27.1 Å². The van der Waals surface area contributed by atoms with E-state index in [1.165, 1.54) is 11.3 Å². The predicted molar refractivity (Wildman–Crippen MR) is 137 cm³/mol. The fraction of sp³-hybridized carbons (Fsp3) is 0.160. The SMILES string of the molecule is C=C=C.C=C=C=C=C=C=C.CCCCS(=O)c1sc2nc(-c3cccs3)ccc2c1N. The average Bonchev–Trinajstić information content (AvgIpc) is 3.42. The molecule has 3 rings (SSSR count). The Labute approximate surface area is 194 Å². The molecule has 0 aromatic carbocycles. The number of hydrogen-bond donors (Lipinski definition) is 1. The Morgan fingerprint density at radius 1 is 1.10 bits per heavy atom. The van der Waals surface area contributed by atoms with E-state index in [0.29, 0.717) is 11.4 Å². The molecule has 0 spiro atoms. The van der Waals surface area contributed by atoms with E-state index < -0.39 is 10.8 Å². The van der Waals surface area contributed by atoms with Gasteiger partial charge in [0.15, 0.2) is 0 Å². The highest BCUT2D eigenvalue weighted by Crippen LogP contribution is 2.37. The summed E-state index contributed by atoms with van der Waals surface area (Å²) in [4.78, 5) is 6.69. The minimum atomic E-state index is -1.01. The lowest BCUT2D eigenvalue weighted by molar-refractivity contribution is 0.681. The number of nitrogen functional groups attached to an aromatic ring is 1. The number of unbranched alkanes of at least 4 members (excludes halogenated alkanes) is 1. The fourth-order valence-electron chi connectivity index (χ4n) is 2.19. The standard InChI is InChI=1S/C15H16N2OS3.C7H4.C3H4/c1-2-3-9-21(18)15-13(16)10-6-7-11(17-14(10)20-15)12-5-4-8-19-12;1-3-5-7-6-4-2;1-3-2/h4-8H,2-3,9,16H2,1H3;1-2H2;1-2H2. The van der Waals surface area contributed by atoms with Crippen molar-refractivity contribution >= 4 is 49.4 Å². The number of rotatable bonds is 5. The molecule has 0 amide bonds. The van der Waals surface area contributed by atoms with Gasteiger partial charge in [0.25, 0.3) is 0 Å². The topological polar surface area (TPSA) is 56.0 Å². The Morgan fingerprint density at radius 3 is 2.32 bits per heavy atom. The number of pyridine rings is 1. The normalized spacial score (nSPS) is 9.71. The van der Waals surface area contributed by atoms with Crippen LogP contribution in [0.3, 0.4) is 0 Å². The first-order chi connectivity index (χ1) is 15.0. The summed E-state index contributed by atoms with van der Waals surface area (Å²) in [5.41, 5.74) is 22.0. The lowest BCUT2D eigenvalue weighted by atomic mass is 10.2. The third kappa shape index (κ3) is 8.28. The molecule has 6 heteroatoms. The van der Waals surface area contributed by atoms with Crippen molar-refractivity contribution in [2.75, 3.05) is 11.5 Å². The summed E-state index contributed by atoms with van der Waals surface area (Å²) in [5.74, 6) is 0.672. The Hall–Kier alpha value is -3.08. The quantitative estimate of drug-likeness (QED) is 0.412. The van der Waals surface area contributed by atoms with E-state index in [1.54, 1.807) is 11.3 Å². The van der Waals surface area contributed by atoms with Crippen LogP contribution < -0.4 is 5.73 Å². The summed E-state index contributed by atoms with van der Waals surface area (Å²) in [7, 11) is -1.01. The average molecular weight is 465 g/mol. The molecule has 0 aliphatic heterocycles. The maximum Gasteiger partial charge on any atom is 0.127 e. The fourth-order valence-corrected chi connectivity index (χ4v) is 5.67. The summed E-state index contributed by atoms with van der Waals surface area (Å²) in [6, 6.07) is 8.04. The Kier molecular flexibility index (Phi) is 12.4. The van der Waals surface area contributed by atoms with Gasteiger partial charge >= 0.3 is 0 Å². The summed E-state index contributed by atoms with van der Waals surface area (Å²) in [6.45, 7) is 14.8. The van der Waals surface area contributed by atoms with E-state index in [-0.39, 0.29) is 0 Å². The monoisotopic (exact) mass is 464 g/mol. The molecular formula is C25H24N2OS3. The van der Waals surface area contributed by atoms with Crippen LogP contribution in [0.2, 0.25) is 0 Å². The number of nitrogens with two attached hydrogens (primary N) is 1. The maximum absolute atomic E-state index is 12.3. The van der Waals surface area contributed by atoms with E-state index in [9.17, 15) is 4.21 Å². The van der Waals surface area contributed by atoms with Crippen molar-refractivity contribution in [3.05, 3.63) is 90.3 Å². The molecule has 0 saturated carbocycles. The second kappa shape index (κ2) is 14.8. The molecular weight excluding hydrogens is 440 g/mol. The molecule has 0 fully saturated rings. The van der Waals surface area contributed by atoms with Crippen LogP contribution in [0.4, 0.5) is 5.69 Å². The second-order valence-electron chi connectivity index (χ2n) is 5.71. The zero-order valence-electron chi connectivity index (χ0n) is 17.5. The van der Waals surface area contributed by atoms with Crippen molar-refractivity contribution in [3.63, 3.8) is 0 Å². The van der Waals surface area contributed by atoms with E-state index in [0.717, 1.165) is 37.8 Å². The highest BCUT2D eigenvalue weighted by molar-refractivity contribution is 7.87. The Morgan fingerprint density at radius 2 is 1.77 bits per heavy atom. The number of fused-ring (bicyclic) bond motifs is 1. The van der Waals surface area contributed by atoms with Crippen LogP contribution in [-0.2, 0) is 10.8 Å². The largest absolute Gasteiger partial charge is 0.397 e. The molecule has 0 bridgehead atoms. The van der Waals surface area contributed by atoms with Gasteiger partial charge < -0.3 is 5.73 Å². The molecule has 2 N–H and O–H groups in total. The van der Waals surface area contributed by atoms with Gasteiger partial charge in [0.2, 0.25) is 0 Å². The molecule has 1 atom stereocenters. The summed E-state index contributed by atoms with van der Waals surface area (Å²) >= 11 is 3.13. The molecule has 31 heavy (non-hydrogen) atoms. The van der Waals surface area contributed by atoms with E-state index in [1.807, 2.05) is 23.6 Å². The Bertz CT molecular complexity index is 1210. The second-order valence-corrected chi connectivity index (χ2v) is 9.42. The van der Waals surface area contributed by atoms with Gasteiger partial charge in [-0.25, -0.2) is 4.98 Å². The van der Waals surface area contributed by atoms with Crippen LogP contribution in [0.15, 0.2) is 94.6 Å². The van der Waals surface area contributed by atoms with Gasteiger partial charge in [-0.15, -0.1) is 28.4 Å². The van der Waals surface area contributed by atoms with Crippen LogP contribution in [0.1, 0.15) is 19.8 Å². The predicted octanol–water partition coefficient (Wildman–Crippen LogP) is 7.05. The van der Waals surface area contributed by atoms with Crippen molar-refractivity contribution in [2.24, 2.45) is 0 Å². The molecule has 158 valence electrons. The van der Waals surface area contributed by atoms with E-state index in [2.05, 4.69) is 78.7 Å². The number of nitrogens with zero attached hydrogens (tertiary/aromatic N) is 1. The third-order valence-corrected chi connectivity index (χ3v) is 7.43. The summed E-state index contributed by atoms with van der Waals surface area (Å²) in [6.07, 6.45) is 1.99. The number of anilines is 1. The highest BCUT2D eigenvalue weighted by Gasteiger charge is 2.16. The van der Waals surface area contributed by atoms with Crippen molar-refractivity contribution in [1.82, 2.24) is 4.98 Å². The summed E-state index contributed by atoms with van der Waals surface area (Å²) < 4.78 is 13.1. The number of aromatic nitrogens is 1. The lowest BCUT2D eigenvalue weighted by Crippen LogP contribution is -1.98. The first kappa shape index (κ1) is 26.0. The van der Waals surface area contributed by atoms with Crippen LogP contribution in [0, 0.1) is 0 Å². The lowest BCUT2D eigenvalue weighted by Gasteiger charge is -1.99. The molecule has 0 aliphatic rings. The number of hydrogen-bond acceptors (Lipinski definition) is 5. The van der Waals surface area contributed by atoms with Gasteiger partial charge in [-0.1, -0.05) is 44.0 Å². The number of thiophene rings is 2. The van der Waals surface area contributed by atoms with Crippen molar-refractivity contribution in [2.45, 2.75) is 24.0 Å². The van der Waals surface area contributed by atoms with Crippen LogP contribution in [0.25, 0.3) is 20.8 Å². The van der Waals surface area contributed by atoms with Crippen molar-refractivity contribution in [1.29, 1.82) is 0 Å². The highest BCUT2D eigenvalue weighted by atomic mass is 32.2. The van der Waals surface area contributed by atoms with E-state index >= 15 is 0 Å². The molecule has 3 heterocycles. The molecule has 1 unspecified atom stereocenters. The van der Waals surface area contributed by atoms with E-state index in [4.69, 9.17) is 5.73 Å². The Balaban J connectivity index is 0.000000406. The van der Waals surface area contributed by atoms with Gasteiger partial charge in [-0.3, -0.25) is 4.21 Å². The first-order valence-corrected chi connectivity index (χ1v) is 12.2. The molecule has 3 aromatic rings.